The molecule has 2 aromatic carbocycles. The van der Waals surface area contributed by atoms with Gasteiger partial charge in [-0.1, -0.05) is 11.6 Å². The van der Waals surface area contributed by atoms with Gasteiger partial charge in [-0.05, 0) is 69.4 Å². The average molecular weight is 624 g/mol. The van der Waals surface area contributed by atoms with Crippen LogP contribution in [0.5, 0.6) is 5.75 Å². The molecule has 0 aliphatic carbocycles. The van der Waals surface area contributed by atoms with E-state index in [2.05, 4.69) is 4.90 Å². The fourth-order valence-electron chi connectivity index (χ4n) is 5.02. The van der Waals surface area contributed by atoms with Gasteiger partial charge in [0.05, 0.1) is 27.9 Å². The minimum Gasteiger partial charge on any atom is -0.491 e. The summed E-state index contributed by atoms with van der Waals surface area (Å²) in [5.74, 6) is -0.976. The van der Waals surface area contributed by atoms with Crippen LogP contribution < -0.4 is 14.5 Å². The highest BCUT2D eigenvalue weighted by molar-refractivity contribution is 7.81. The van der Waals surface area contributed by atoms with E-state index >= 15 is 0 Å². The normalized spacial score (nSPS) is 18.7. The fourth-order valence-corrected chi connectivity index (χ4v) is 5.77. The highest BCUT2D eigenvalue weighted by Crippen LogP contribution is 2.41. The lowest BCUT2D eigenvalue weighted by Crippen LogP contribution is -2.52. The average Bonchev–Trinajstić information content (AvgIpc) is 3.11. The van der Waals surface area contributed by atoms with Crippen LogP contribution in [-0.4, -0.2) is 82.8 Å². The second kappa shape index (κ2) is 12.0. The molecule has 2 aliphatic rings. The van der Waals surface area contributed by atoms with Gasteiger partial charge in [0.1, 0.15) is 23.9 Å². The van der Waals surface area contributed by atoms with Gasteiger partial charge in [0, 0.05) is 38.4 Å². The highest BCUT2D eigenvalue weighted by atomic mass is 35.5. The minimum atomic E-state index is -4.79. The number of anilines is 2. The summed E-state index contributed by atoms with van der Waals surface area (Å²) in [5.41, 5.74) is -2.62. The predicted molar refractivity (Wildman–Crippen MR) is 155 cm³/mol. The van der Waals surface area contributed by atoms with Crippen molar-refractivity contribution in [1.82, 2.24) is 9.80 Å². The number of halogens is 4. The second-order valence-electron chi connectivity index (χ2n) is 10.5. The van der Waals surface area contributed by atoms with Crippen molar-refractivity contribution < 1.29 is 32.6 Å². The Bertz CT molecular complexity index is 1440. The minimum absolute atomic E-state index is 0.0380. The standard InChI is InChI=1S/C28H29ClF3N5O4S/c1-17(24(38)39)35-10-8-34(9-11-35)12-13-41-23-7-6-20(15-22(23)29)37-26(42)36(25(40)27(37,2)3)19-5-4-18(16-33)21(14-19)28(30,31)32/h4-7,14-15,17H,8-13H2,1-3H3,(H,38,39)/t17-/m1/s1. The number of carboxylic acid groups (broad SMARTS) is 1. The van der Waals surface area contributed by atoms with Crippen LogP contribution in [0.4, 0.5) is 24.5 Å². The van der Waals surface area contributed by atoms with Crippen molar-refractivity contribution in [3.63, 3.8) is 0 Å². The number of nitrogens with zero attached hydrogens (tertiary/aromatic N) is 5. The fraction of sp³-hybridized carbons (Fsp3) is 0.429. The molecule has 1 amide bonds. The lowest BCUT2D eigenvalue weighted by molar-refractivity contribution is -0.143. The summed E-state index contributed by atoms with van der Waals surface area (Å²) in [6.45, 7) is 8.54. The summed E-state index contributed by atoms with van der Waals surface area (Å²) in [5, 5.41) is 18.5. The van der Waals surface area contributed by atoms with Crippen LogP contribution in [0.3, 0.4) is 0 Å². The number of hydrogen-bond donors (Lipinski definition) is 1. The number of thiocarbonyl (C=S) groups is 1. The van der Waals surface area contributed by atoms with E-state index < -0.39 is 40.8 Å². The molecular weight excluding hydrogens is 595 g/mol. The first kappa shape index (κ1) is 31.5. The zero-order valence-corrected chi connectivity index (χ0v) is 24.7. The predicted octanol–water partition coefficient (Wildman–Crippen LogP) is 4.62. The number of benzene rings is 2. The van der Waals surface area contributed by atoms with Gasteiger partial charge >= 0.3 is 12.1 Å². The molecule has 2 fully saturated rings. The van der Waals surface area contributed by atoms with Gasteiger partial charge in [-0.2, -0.15) is 18.4 Å². The van der Waals surface area contributed by atoms with E-state index in [-0.39, 0.29) is 15.8 Å². The number of carboxylic acids is 1. The van der Waals surface area contributed by atoms with Gasteiger partial charge in [0.25, 0.3) is 5.91 Å². The summed E-state index contributed by atoms with van der Waals surface area (Å²) >= 11 is 12.1. The molecule has 1 atom stereocenters. The van der Waals surface area contributed by atoms with Gasteiger partial charge < -0.3 is 14.7 Å². The Labute approximate surface area is 251 Å². The molecule has 2 aromatic rings. The molecule has 14 heteroatoms. The first-order valence-electron chi connectivity index (χ1n) is 13.1. The van der Waals surface area contributed by atoms with E-state index in [0.717, 1.165) is 17.0 Å². The number of carbonyl (C=O) groups excluding carboxylic acids is 1. The third-order valence-electron chi connectivity index (χ3n) is 7.51. The number of nitriles is 1. The quantitative estimate of drug-likeness (QED) is 0.422. The van der Waals surface area contributed by atoms with Crippen LogP contribution in [0.2, 0.25) is 5.02 Å². The zero-order chi connectivity index (χ0) is 31.0. The molecule has 0 unspecified atom stereocenters. The van der Waals surface area contributed by atoms with Crippen LogP contribution in [0.1, 0.15) is 31.9 Å². The van der Waals surface area contributed by atoms with Crippen LogP contribution >= 0.6 is 23.8 Å². The van der Waals surface area contributed by atoms with Crippen LogP contribution in [-0.2, 0) is 15.8 Å². The van der Waals surface area contributed by atoms with Crippen molar-refractivity contribution in [3.05, 3.63) is 52.5 Å². The number of piperazine rings is 1. The van der Waals surface area contributed by atoms with Crippen molar-refractivity contribution in [2.45, 2.75) is 38.5 Å². The number of amides is 1. The van der Waals surface area contributed by atoms with E-state index in [1.54, 1.807) is 39.0 Å². The van der Waals surface area contributed by atoms with Gasteiger partial charge in [-0.15, -0.1) is 0 Å². The maximum absolute atomic E-state index is 13.6. The Morgan fingerprint density at radius 1 is 1.17 bits per heavy atom. The molecular formula is C28H29ClF3N5O4S. The topological polar surface area (TPSA) is 100 Å². The number of alkyl halides is 3. The Morgan fingerprint density at radius 2 is 1.81 bits per heavy atom. The van der Waals surface area contributed by atoms with Crippen LogP contribution in [0.15, 0.2) is 36.4 Å². The first-order chi connectivity index (χ1) is 19.7. The number of carbonyl (C=O) groups is 2. The molecule has 0 aromatic heterocycles. The molecule has 0 saturated carbocycles. The van der Waals surface area contributed by atoms with E-state index in [1.165, 1.54) is 17.0 Å². The largest absolute Gasteiger partial charge is 0.491 e. The van der Waals surface area contributed by atoms with Crippen molar-refractivity contribution in [2.75, 3.05) is 49.1 Å². The monoisotopic (exact) mass is 623 g/mol. The molecule has 9 nitrogen and oxygen atoms in total. The summed E-state index contributed by atoms with van der Waals surface area (Å²) in [7, 11) is 0. The molecule has 42 heavy (non-hydrogen) atoms. The van der Waals surface area contributed by atoms with Crippen molar-refractivity contribution in [1.29, 1.82) is 5.26 Å². The summed E-state index contributed by atoms with van der Waals surface area (Å²) in [6, 6.07) is 8.90. The van der Waals surface area contributed by atoms with Crippen LogP contribution in [0, 0.1) is 11.3 Å². The number of aliphatic carboxylic acids is 1. The lowest BCUT2D eigenvalue weighted by Gasteiger charge is -2.36. The first-order valence-corrected chi connectivity index (χ1v) is 13.9. The zero-order valence-electron chi connectivity index (χ0n) is 23.1. The molecule has 0 spiro atoms. The molecule has 224 valence electrons. The van der Waals surface area contributed by atoms with Crippen molar-refractivity contribution in [3.8, 4) is 11.8 Å². The molecule has 2 saturated heterocycles. The smallest absolute Gasteiger partial charge is 0.417 e. The summed E-state index contributed by atoms with van der Waals surface area (Å²) in [6.07, 6.45) is -4.79. The van der Waals surface area contributed by atoms with E-state index in [1.807, 2.05) is 4.90 Å². The Hall–Kier alpha value is -3.44. The number of ether oxygens (including phenoxy) is 1. The van der Waals surface area contributed by atoms with E-state index in [9.17, 15) is 27.9 Å². The molecule has 2 aliphatic heterocycles. The Morgan fingerprint density at radius 3 is 2.38 bits per heavy atom. The second-order valence-corrected chi connectivity index (χ2v) is 11.3. The summed E-state index contributed by atoms with van der Waals surface area (Å²) in [4.78, 5) is 31.3. The molecule has 0 bridgehead atoms. The third kappa shape index (κ3) is 6.17. The molecule has 4 rings (SSSR count). The Kier molecular flexibility index (Phi) is 9.03. The van der Waals surface area contributed by atoms with Crippen molar-refractivity contribution >= 4 is 52.2 Å². The van der Waals surface area contributed by atoms with Gasteiger partial charge in [-0.3, -0.25) is 24.3 Å². The molecule has 1 N–H and O–H groups in total. The highest BCUT2D eigenvalue weighted by Gasteiger charge is 2.50. The van der Waals surface area contributed by atoms with E-state index in [4.69, 9.17) is 33.8 Å². The maximum Gasteiger partial charge on any atom is 0.417 e. The van der Waals surface area contributed by atoms with Crippen molar-refractivity contribution in [2.24, 2.45) is 0 Å². The van der Waals surface area contributed by atoms with E-state index in [0.29, 0.717) is 50.8 Å². The number of rotatable bonds is 8. The molecule has 2 heterocycles. The van der Waals surface area contributed by atoms with Gasteiger partial charge in [-0.25, -0.2) is 0 Å². The number of hydrogen-bond acceptors (Lipinski definition) is 7. The molecule has 0 radical (unpaired) electrons. The summed E-state index contributed by atoms with van der Waals surface area (Å²) < 4.78 is 46.7. The lowest BCUT2D eigenvalue weighted by atomic mass is 10.0. The Balaban J connectivity index is 1.46. The SMILES string of the molecule is C[C@H](C(=O)O)N1CCN(CCOc2ccc(N3C(=S)N(c4ccc(C#N)c(C(F)(F)F)c4)C(=O)C3(C)C)cc2Cl)CC1. The maximum atomic E-state index is 13.6. The van der Waals surface area contributed by atoms with Gasteiger partial charge in [0.2, 0.25) is 0 Å². The van der Waals surface area contributed by atoms with Gasteiger partial charge in [0.15, 0.2) is 5.11 Å². The van der Waals surface area contributed by atoms with Crippen LogP contribution in [0.25, 0.3) is 0 Å². The third-order valence-corrected chi connectivity index (χ3v) is 8.17.